The molecule has 8 nitrogen and oxygen atoms in total. The van der Waals surface area contributed by atoms with Gasteiger partial charge in [0.1, 0.15) is 18.5 Å². The average molecular weight is 386 g/mol. The van der Waals surface area contributed by atoms with Crippen molar-refractivity contribution in [3.63, 3.8) is 0 Å². The first kappa shape index (κ1) is 20.0. The largest absolute Gasteiger partial charge is 0.497 e. The van der Waals surface area contributed by atoms with Gasteiger partial charge >= 0.3 is 0 Å². The van der Waals surface area contributed by atoms with E-state index < -0.39 is 0 Å². The summed E-state index contributed by atoms with van der Waals surface area (Å²) in [7, 11) is 6.94. The topological polar surface area (TPSA) is 77.0 Å². The SMILES string of the molecule is COCC(=O)N1CCOC(c2nc(N(C)C)ncc2-c2ccc(OC)cc2)C1. The van der Waals surface area contributed by atoms with Gasteiger partial charge in [-0.25, -0.2) is 9.97 Å². The van der Waals surface area contributed by atoms with Crippen molar-refractivity contribution in [2.24, 2.45) is 0 Å². The van der Waals surface area contributed by atoms with Crippen molar-refractivity contribution < 1.29 is 19.0 Å². The highest BCUT2D eigenvalue weighted by atomic mass is 16.5. The van der Waals surface area contributed by atoms with Gasteiger partial charge in [0.2, 0.25) is 11.9 Å². The Bertz CT molecular complexity index is 810. The number of hydrogen-bond donors (Lipinski definition) is 0. The summed E-state index contributed by atoms with van der Waals surface area (Å²) < 4.78 is 16.2. The van der Waals surface area contributed by atoms with Crippen molar-refractivity contribution in [2.45, 2.75) is 6.10 Å². The van der Waals surface area contributed by atoms with Crippen molar-refractivity contribution >= 4 is 11.9 Å². The van der Waals surface area contributed by atoms with Crippen molar-refractivity contribution in [3.05, 3.63) is 36.2 Å². The molecule has 28 heavy (non-hydrogen) atoms. The van der Waals surface area contributed by atoms with Gasteiger partial charge < -0.3 is 24.0 Å². The molecule has 0 N–H and O–H groups in total. The van der Waals surface area contributed by atoms with E-state index in [1.54, 1.807) is 18.2 Å². The van der Waals surface area contributed by atoms with Crippen molar-refractivity contribution in [3.8, 4) is 16.9 Å². The summed E-state index contributed by atoms with van der Waals surface area (Å²) in [5.74, 6) is 1.32. The maximum absolute atomic E-state index is 12.3. The Labute approximate surface area is 165 Å². The number of amides is 1. The lowest BCUT2D eigenvalue weighted by atomic mass is 10.0. The van der Waals surface area contributed by atoms with Gasteiger partial charge in [-0.05, 0) is 17.7 Å². The van der Waals surface area contributed by atoms with Crippen LogP contribution < -0.4 is 9.64 Å². The van der Waals surface area contributed by atoms with Crippen LogP contribution >= 0.6 is 0 Å². The van der Waals surface area contributed by atoms with Crippen molar-refractivity contribution in [1.82, 2.24) is 14.9 Å². The zero-order valence-corrected chi connectivity index (χ0v) is 16.7. The molecule has 1 aromatic carbocycles. The van der Waals surface area contributed by atoms with Gasteiger partial charge in [-0.2, -0.15) is 0 Å². The van der Waals surface area contributed by atoms with E-state index in [1.807, 2.05) is 43.3 Å². The van der Waals surface area contributed by atoms with Crippen molar-refractivity contribution in [1.29, 1.82) is 0 Å². The second-order valence-corrected chi connectivity index (χ2v) is 6.72. The van der Waals surface area contributed by atoms with Crippen molar-refractivity contribution in [2.75, 3.05) is 59.5 Å². The Morgan fingerprint density at radius 1 is 1.29 bits per heavy atom. The highest BCUT2D eigenvalue weighted by molar-refractivity contribution is 5.77. The molecule has 0 aliphatic carbocycles. The molecule has 1 saturated heterocycles. The number of hydrogen-bond acceptors (Lipinski definition) is 7. The molecular weight excluding hydrogens is 360 g/mol. The van der Waals surface area contributed by atoms with Crippen LogP contribution in [0.15, 0.2) is 30.5 Å². The molecule has 0 bridgehead atoms. The standard InChI is InChI=1S/C20H26N4O4/c1-23(2)20-21-11-16(14-5-7-15(27-4)8-6-14)19(22-20)17-12-24(9-10-28-17)18(25)13-26-3/h5-8,11,17H,9-10,12-13H2,1-4H3. The lowest BCUT2D eigenvalue weighted by molar-refractivity contribution is -0.143. The fourth-order valence-corrected chi connectivity index (χ4v) is 3.10. The summed E-state index contributed by atoms with van der Waals surface area (Å²) in [5, 5.41) is 0. The molecule has 1 atom stereocenters. The maximum Gasteiger partial charge on any atom is 0.248 e. The Morgan fingerprint density at radius 2 is 2.04 bits per heavy atom. The molecule has 0 radical (unpaired) electrons. The predicted molar refractivity (Wildman–Crippen MR) is 105 cm³/mol. The minimum absolute atomic E-state index is 0.0521. The van der Waals surface area contributed by atoms with Gasteiger partial charge in [0, 0.05) is 39.5 Å². The number of carbonyl (C=O) groups is 1. The highest BCUT2D eigenvalue weighted by Gasteiger charge is 2.29. The van der Waals surface area contributed by atoms with E-state index in [0.717, 1.165) is 22.6 Å². The minimum Gasteiger partial charge on any atom is -0.497 e. The molecule has 1 aliphatic rings. The van der Waals surface area contributed by atoms with E-state index in [4.69, 9.17) is 19.2 Å². The zero-order valence-electron chi connectivity index (χ0n) is 16.7. The van der Waals surface area contributed by atoms with E-state index in [2.05, 4.69) is 4.98 Å². The molecule has 1 unspecified atom stereocenters. The number of nitrogens with zero attached hydrogens (tertiary/aromatic N) is 4. The van der Waals surface area contributed by atoms with Crippen LogP contribution in [0.2, 0.25) is 0 Å². The third-order valence-corrected chi connectivity index (χ3v) is 4.60. The summed E-state index contributed by atoms with van der Waals surface area (Å²) >= 11 is 0. The van der Waals surface area contributed by atoms with Gasteiger partial charge in [0.25, 0.3) is 0 Å². The quantitative estimate of drug-likeness (QED) is 0.749. The van der Waals surface area contributed by atoms with Crippen LogP contribution in [0.4, 0.5) is 5.95 Å². The Hall–Kier alpha value is -2.71. The van der Waals surface area contributed by atoms with Crippen LogP contribution in [0.3, 0.4) is 0 Å². The third-order valence-electron chi connectivity index (χ3n) is 4.60. The molecule has 2 heterocycles. The molecule has 0 saturated carbocycles. The predicted octanol–water partition coefficient (Wildman–Crippen LogP) is 1.76. The van der Waals surface area contributed by atoms with Crippen LogP contribution in [0.1, 0.15) is 11.8 Å². The summed E-state index contributed by atoms with van der Waals surface area (Å²) in [5.41, 5.74) is 2.60. The molecule has 1 aromatic heterocycles. The number of rotatable bonds is 6. The monoisotopic (exact) mass is 386 g/mol. The molecule has 1 fully saturated rings. The summed E-state index contributed by atoms with van der Waals surface area (Å²) in [6.45, 7) is 1.48. The summed E-state index contributed by atoms with van der Waals surface area (Å²) in [6, 6.07) is 7.73. The third kappa shape index (κ3) is 4.40. The molecule has 1 aliphatic heterocycles. The minimum atomic E-state index is -0.339. The Balaban J connectivity index is 1.96. The second-order valence-electron chi connectivity index (χ2n) is 6.72. The summed E-state index contributed by atoms with van der Waals surface area (Å²) in [6.07, 6.45) is 1.46. The number of morpholine rings is 1. The number of anilines is 1. The lowest BCUT2D eigenvalue weighted by Gasteiger charge is -2.33. The normalized spacial score (nSPS) is 16.7. The average Bonchev–Trinajstić information content (AvgIpc) is 2.73. The van der Waals surface area contributed by atoms with Crippen LogP contribution in [0.25, 0.3) is 11.1 Å². The Kier molecular flexibility index (Phi) is 6.43. The first-order valence-electron chi connectivity index (χ1n) is 9.10. The molecule has 0 spiro atoms. The first-order chi connectivity index (χ1) is 13.5. The number of benzene rings is 1. The van der Waals surface area contributed by atoms with Gasteiger partial charge in [0.05, 0.1) is 26.0 Å². The van der Waals surface area contributed by atoms with E-state index in [-0.39, 0.29) is 18.6 Å². The number of methoxy groups -OCH3 is 2. The fourth-order valence-electron chi connectivity index (χ4n) is 3.10. The van der Waals surface area contributed by atoms with Gasteiger partial charge in [-0.3, -0.25) is 4.79 Å². The Morgan fingerprint density at radius 3 is 2.68 bits per heavy atom. The van der Waals surface area contributed by atoms with E-state index in [9.17, 15) is 4.79 Å². The van der Waals surface area contributed by atoms with Gasteiger partial charge in [-0.15, -0.1) is 0 Å². The van der Waals surface area contributed by atoms with Gasteiger partial charge in [-0.1, -0.05) is 12.1 Å². The summed E-state index contributed by atoms with van der Waals surface area (Å²) in [4.78, 5) is 25.1. The van der Waals surface area contributed by atoms with Crippen LogP contribution in [0.5, 0.6) is 5.75 Å². The van der Waals surface area contributed by atoms with Crippen LogP contribution in [0, 0.1) is 0 Å². The molecule has 2 aromatic rings. The zero-order chi connectivity index (χ0) is 20.1. The van der Waals surface area contributed by atoms with E-state index in [0.29, 0.717) is 25.6 Å². The van der Waals surface area contributed by atoms with E-state index >= 15 is 0 Å². The number of aromatic nitrogens is 2. The highest BCUT2D eigenvalue weighted by Crippen LogP contribution is 2.32. The number of ether oxygens (including phenoxy) is 3. The van der Waals surface area contributed by atoms with Gasteiger partial charge in [0.15, 0.2) is 0 Å². The fraction of sp³-hybridized carbons (Fsp3) is 0.450. The molecular formula is C20H26N4O4. The van der Waals surface area contributed by atoms with Crippen LogP contribution in [-0.2, 0) is 14.3 Å². The molecule has 1 amide bonds. The first-order valence-corrected chi connectivity index (χ1v) is 9.10. The molecule has 3 rings (SSSR count). The maximum atomic E-state index is 12.3. The molecule has 8 heteroatoms. The van der Waals surface area contributed by atoms with E-state index in [1.165, 1.54) is 7.11 Å². The lowest BCUT2D eigenvalue weighted by Crippen LogP contribution is -2.44. The van der Waals surface area contributed by atoms with Crippen LogP contribution in [-0.4, -0.2) is 75.4 Å². The number of carbonyl (C=O) groups excluding carboxylic acids is 1. The molecule has 150 valence electrons. The second kappa shape index (κ2) is 8.99. The smallest absolute Gasteiger partial charge is 0.248 e.